The van der Waals surface area contributed by atoms with Crippen LogP contribution < -0.4 is 5.48 Å². The number of nitrogens with zero attached hydrogens (tertiary/aromatic N) is 1. The Labute approximate surface area is 168 Å². The molecule has 162 valence electrons. The predicted octanol–water partition coefficient (Wildman–Crippen LogP) is 1.99. The standard InChI is InChI=1S/C19H34N2O6S/c1-2-3-4-5-6-7-14-27-17-8-12-21(13-9-17)28(24,25)19(18(22)20-23)10-15-26-16-11-19/h5-6,17,23H,2-4,7-16H2,1H3,(H,20,22). The van der Waals surface area contributed by atoms with Gasteiger partial charge in [0.15, 0.2) is 4.75 Å². The zero-order valence-corrected chi connectivity index (χ0v) is 17.6. The van der Waals surface area contributed by atoms with Crippen LogP contribution in [0, 0.1) is 0 Å². The summed E-state index contributed by atoms with van der Waals surface area (Å²) in [4.78, 5) is 12.3. The molecule has 0 aliphatic carbocycles. The molecular formula is C19H34N2O6S. The minimum Gasteiger partial charge on any atom is -0.381 e. The molecule has 1 amide bonds. The molecule has 0 unspecified atom stereocenters. The average Bonchev–Trinajstić information content (AvgIpc) is 2.73. The van der Waals surface area contributed by atoms with Crippen molar-refractivity contribution in [3.8, 4) is 0 Å². The van der Waals surface area contributed by atoms with E-state index in [2.05, 4.69) is 19.1 Å². The molecule has 0 aromatic rings. The first kappa shape index (κ1) is 23.3. The molecule has 0 spiro atoms. The number of nitrogens with one attached hydrogen (secondary N) is 1. The lowest BCUT2D eigenvalue weighted by Crippen LogP contribution is -2.60. The molecular weight excluding hydrogens is 384 g/mol. The Bertz CT molecular complexity index is 608. The van der Waals surface area contributed by atoms with Crippen LogP contribution in [-0.2, 0) is 24.3 Å². The third kappa shape index (κ3) is 5.54. The number of allylic oxidation sites excluding steroid dienone is 1. The topological polar surface area (TPSA) is 105 Å². The van der Waals surface area contributed by atoms with Gasteiger partial charge in [-0.3, -0.25) is 10.0 Å². The lowest BCUT2D eigenvalue weighted by Gasteiger charge is -2.40. The number of carbonyl (C=O) groups is 1. The molecule has 2 heterocycles. The van der Waals surface area contributed by atoms with Gasteiger partial charge in [-0.2, -0.15) is 0 Å². The smallest absolute Gasteiger partial charge is 0.266 e. The van der Waals surface area contributed by atoms with Gasteiger partial charge in [-0.05, 0) is 25.7 Å². The van der Waals surface area contributed by atoms with Crippen LogP contribution in [0.4, 0.5) is 0 Å². The quantitative estimate of drug-likeness (QED) is 0.243. The molecule has 2 saturated heterocycles. The highest BCUT2D eigenvalue weighted by molar-refractivity contribution is 7.91. The van der Waals surface area contributed by atoms with Gasteiger partial charge in [0, 0.05) is 39.1 Å². The maximum atomic E-state index is 13.2. The summed E-state index contributed by atoms with van der Waals surface area (Å²) in [5.74, 6) is -0.871. The van der Waals surface area contributed by atoms with Crippen LogP contribution in [0.25, 0.3) is 0 Å². The van der Waals surface area contributed by atoms with Gasteiger partial charge in [-0.25, -0.2) is 18.2 Å². The van der Waals surface area contributed by atoms with Gasteiger partial charge in [-0.15, -0.1) is 0 Å². The van der Waals surface area contributed by atoms with Gasteiger partial charge >= 0.3 is 0 Å². The van der Waals surface area contributed by atoms with Crippen molar-refractivity contribution >= 4 is 15.9 Å². The maximum Gasteiger partial charge on any atom is 0.266 e. The van der Waals surface area contributed by atoms with Gasteiger partial charge in [-0.1, -0.05) is 31.9 Å². The summed E-state index contributed by atoms with van der Waals surface area (Å²) >= 11 is 0. The van der Waals surface area contributed by atoms with E-state index in [1.54, 1.807) is 5.48 Å². The summed E-state index contributed by atoms with van der Waals surface area (Å²) in [7, 11) is -3.90. The zero-order chi connectivity index (χ0) is 20.5. The highest BCUT2D eigenvalue weighted by Gasteiger charge is 2.54. The highest BCUT2D eigenvalue weighted by atomic mass is 32.2. The number of sulfonamides is 1. The molecule has 9 heteroatoms. The van der Waals surface area contributed by atoms with E-state index in [1.165, 1.54) is 17.1 Å². The second kappa shape index (κ2) is 11.3. The van der Waals surface area contributed by atoms with Crippen LogP contribution in [0.3, 0.4) is 0 Å². The van der Waals surface area contributed by atoms with E-state index in [-0.39, 0.29) is 32.2 Å². The van der Waals surface area contributed by atoms with Crippen molar-refractivity contribution in [1.82, 2.24) is 9.79 Å². The molecule has 0 aromatic heterocycles. The number of hydroxylamine groups is 1. The van der Waals surface area contributed by atoms with Crippen molar-refractivity contribution in [3.63, 3.8) is 0 Å². The Morgan fingerprint density at radius 2 is 1.89 bits per heavy atom. The van der Waals surface area contributed by atoms with Crippen molar-refractivity contribution in [1.29, 1.82) is 0 Å². The molecule has 8 nitrogen and oxygen atoms in total. The Kier molecular flexibility index (Phi) is 9.36. The van der Waals surface area contributed by atoms with E-state index in [4.69, 9.17) is 14.7 Å². The van der Waals surface area contributed by atoms with E-state index in [0.717, 1.165) is 12.8 Å². The van der Waals surface area contributed by atoms with Gasteiger partial charge < -0.3 is 9.47 Å². The first-order chi connectivity index (χ1) is 13.5. The summed E-state index contributed by atoms with van der Waals surface area (Å²) in [5, 5.41) is 9.10. The minimum atomic E-state index is -3.90. The predicted molar refractivity (Wildman–Crippen MR) is 105 cm³/mol. The summed E-state index contributed by atoms with van der Waals surface area (Å²) < 4.78 is 37.2. The maximum absolute atomic E-state index is 13.2. The third-order valence-electron chi connectivity index (χ3n) is 5.58. The number of rotatable bonds is 10. The van der Waals surface area contributed by atoms with Crippen LogP contribution in [0.1, 0.15) is 58.3 Å². The Hall–Kier alpha value is -1.00. The number of hydrogen-bond donors (Lipinski definition) is 2. The molecule has 2 rings (SSSR count). The number of unbranched alkanes of at least 4 members (excludes halogenated alkanes) is 2. The Balaban J connectivity index is 1.85. The Morgan fingerprint density at radius 3 is 2.50 bits per heavy atom. The zero-order valence-electron chi connectivity index (χ0n) is 16.8. The van der Waals surface area contributed by atoms with Crippen LogP contribution >= 0.6 is 0 Å². The highest BCUT2D eigenvalue weighted by Crippen LogP contribution is 2.34. The fraction of sp³-hybridized carbons (Fsp3) is 0.842. The van der Waals surface area contributed by atoms with Crippen molar-refractivity contribution in [2.45, 2.75) is 69.1 Å². The normalized spacial score (nSPS) is 21.8. The van der Waals surface area contributed by atoms with Crippen LogP contribution in [0.2, 0.25) is 0 Å². The van der Waals surface area contributed by atoms with E-state index in [9.17, 15) is 13.2 Å². The molecule has 0 radical (unpaired) electrons. The Morgan fingerprint density at radius 1 is 1.25 bits per heavy atom. The number of amides is 1. The number of hydrogen-bond acceptors (Lipinski definition) is 6. The SMILES string of the molecule is CCCCC=CCCOC1CCN(S(=O)(=O)C2(C(=O)NO)CCOCC2)CC1. The lowest BCUT2D eigenvalue weighted by molar-refractivity contribution is -0.134. The molecule has 0 atom stereocenters. The van der Waals surface area contributed by atoms with E-state index in [0.29, 0.717) is 32.5 Å². The van der Waals surface area contributed by atoms with Crippen LogP contribution in [-0.4, -0.2) is 67.6 Å². The summed E-state index contributed by atoms with van der Waals surface area (Å²) in [5.41, 5.74) is 1.55. The monoisotopic (exact) mass is 418 g/mol. The van der Waals surface area contributed by atoms with E-state index < -0.39 is 20.7 Å². The van der Waals surface area contributed by atoms with Crippen molar-refractivity contribution in [3.05, 3.63) is 12.2 Å². The first-order valence-electron chi connectivity index (χ1n) is 10.3. The number of ether oxygens (including phenoxy) is 2. The van der Waals surface area contributed by atoms with Crippen molar-refractivity contribution in [2.24, 2.45) is 0 Å². The molecule has 2 aliphatic heterocycles. The van der Waals surface area contributed by atoms with Crippen LogP contribution in [0.15, 0.2) is 12.2 Å². The molecule has 2 aliphatic rings. The fourth-order valence-corrected chi connectivity index (χ4v) is 5.90. The van der Waals surface area contributed by atoms with Crippen molar-refractivity contribution < 1.29 is 27.9 Å². The first-order valence-corrected chi connectivity index (χ1v) is 11.7. The second-order valence-electron chi connectivity index (χ2n) is 7.42. The molecule has 28 heavy (non-hydrogen) atoms. The van der Waals surface area contributed by atoms with E-state index >= 15 is 0 Å². The van der Waals surface area contributed by atoms with Crippen LogP contribution in [0.5, 0.6) is 0 Å². The van der Waals surface area contributed by atoms with Gasteiger partial charge in [0.1, 0.15) is 0 Å². The summed E-state index contributed by atoms with van der Waals surface area (Å²) in [6.07, 6.45) is 10.0. The molecule has 2 N–H and O–H groups in total. The largest absolute Gasteiger partial charge is 0.381 e. The lowest BCUT2D eigenvalue weighted by atomic mass is 9.98. The number of carbonyl (C=O) groups excluding carboxylic acids is 1. The second-order valence-corrected chi connectivity index (χ2v) is 9.67. The molecule has 0 bridgehead atoms. The van der Waals surface area contributed by atoms with Gasteiger partial charge in [0.2, 0.25) is 10.0 Å². The van der Waals surface area contributed by atoms with Crippen molar-refractivity contribution in [2.75, 3.05) is 32.9 Å². The van der Waals surface area contributed by atoms with Gasteiger partial charge in [0.25, 0.3) is 5.91 Å². The van der Waals surface area contributed by atoms with E-state index in [1.807, 2.05) is 0 Å². The number of piperidine rings is 1. The molecule has 2 fully saturated rings. The summed E-state index contributed by atoms with van der Waals surface area (Å²) in [6, 6.07) is 0. The minimum absolute atomic E-state index is 0.0350. The average molecular weight is 419 g/mol. The molecule has 0 saturated carbocycles. The molecule has 0 aromatic carbocycles. The van der Waals surface area contributed by atoms with Gasteiger partial charge in [0.05, 0.1) is 12.7 Å². The fourth-order valence-electron chi connectivity index (χ4n) is 3.75. The summed E-state index contributed by atoms with van der Waals surface area (Å²) in [6.45, 7) is 3.80. The third-order valence-corrected chi connectivity index (χ3v) is 8.21.